The summed E-state index contributed by atoms with van der Waals surface area (Å²) in [5, 5.41) is 8.63. The molecule has 1 aliphatic rings. The minimum atomic E-state index is -0.991. The lowest BCUT2D eigenvalue weighted by molar-refractivity contribution is -0.137. The molecule has 5 nitrogen and oxygen atoms in total. The second-order valence-corrected chi connectivity index (χ2v) is 5.47. The van der Waals surface area contributed by atoms with E-state index in [1.54, 1.807) is 0 Å². The first-order chi connectivity index (χ1) is 10.5. The third kappa shape index (κ3) is 3.96. The molecule has 1 aliphatic heterocycles. The molecule has 1 aromatic carbocycles. The summed E-state index contributed by atoms with van der Waals surface area (Å²) in [5.74, 6) is -2.11. The predicted molar refractivity (Wildman–Crippen MR) is 78.5 cm³/mol. The van der Waals surface area contributed by atoms with Crippen molar-refractivity contribution in [3.63, 3.8) is 0 Å². The van der Waals surface area contributed by atoms with Gasteiger partial charge in [0, 0.05) is 25.8 Å². The van der Waals surface area contributed by atoms with Crippen LogP contribution in [-0.2, 0) is 9.53 Å². The molecule has 0 saturated carbocycles. The number of carboxylic acids is 1. The Kier molecular flexibility index (Phi) is 5.74. The summed E-state index contributed by atoms with van der Waals surface area (Å²) < 4.78 is 18.8. The third-order valence-corrected chi connectivity index (χ3v) is 4.03. The van der Waals surface area contributed by atoms with Crippen LogP contribution in [0.5, 0.6) is 0 Å². The van der Waals surface area contributed by atoms with Crippen molar-refractivity contribution in [1.29, 1.82) is 0 Å². The van der Waals surface area contributed by atoms with E-state index in [2.05, 4.69) is 0 Å². The van der Waals surface area contributed by atoms with Gasteiger partial charge >= 0.3 is 5.97 Å². The monoisotopic (exact) mass is 329 g/mol. The zero-order chi connectivity index (χ0) is 16.1. The fraction of sp³-hybridized carbons (Fsp3) is 0.467. The molecule has 120 valence electrons. The minimum absolute atomic E-state index is 0.0542. The van der Waals surface area contributed by atoms with Gasteiger partial charge in [-0.15, -0.1) is 0 Å². The average Bonchev–Trinajstić information content (AvgIpc) is 2.51. The van der Waals surface area contributed by atoms with Crippen LogP contribution in [0.4, 0.5) is 4.39 Å². The number of amides is 1. The van der Waals surface area contributed by atoms with Crippen molar-refractivity contribution < 1.29 is 23.8 Å². The maximum absolute atomic E-state index is 13.5. The molecule has 7 heteroatoms. The van der Waals surface area contributed by atoms with E-state index in [9.17, 15) is 14.0 Å². The Balaban J connectivity index is 2.24. The van der Waals surface area contributed by atoms with Crippen LogP contribution < -0.4 is 0 Å². The number of halogens is 2. The first-order valence-corrected chi connectivity index (χ1v) is 7.43. The highest BCUT2D eigenvalue weighted by molar-refractivity contribution is 6.34. The highest BCUT2D eigenvalue weighted by atomic mass is 35.5. The molecule has 0 aliphatic carbocycles. The smallest absolute Gasteiger partial charge is 0.305 e. The first kappa shape index (κ1) is 16.7. The summed E-state index contributed by atoms with van der Waals surface area (Å²) in [6.45, 7) is 1.09. The SMILES string of the molecule is O=C(O)CCN(C(=O)c1cccc(F)c1Cl)C1CCOCC1. The van der Waals surface area contributed by atoms with Gasteiger partial charge in [-0.3, -0.25) is 9.59 Å². The molecule has 1 fully saturated rings. The minimum Gasteiger partial charge on any atom is -0.481 e. The fourth-order valence-electron chi connectivity index (χ4n) is 2.49. The van der Waals surface area contributed by atoms with Crippen LogP contribution in [0.2, 0.25) is 5.02 Å². The molecule has 0 unspecified atom stereocenters. The van der Waals surface area contributed by atoms with Crippen molar-refractivity contribution >= 4 is 23.5 Å². The normalized spacial score (nSPS) is 15.5. The van der Waals surface area contributed by atoms with Crippen LogP contribution >= 0.6 is 11.6 Å². The number of ether oxygens (including phenoxy) is 1. The van der Waals surface area contributed by atoms with Crippen molar-refractivity contribution in [2.24, 2.45) is 0 Å². The second-order valence-electron chi connectivity index (χ2n) is 5.09. The van der Waals surface area contributed by atoms with Gasteiger partial charge in [0.25, 0.3) is 5.91 Å². The maximum atomic E-state index is 13.5. The maximum Gasteiger partial charge on any atom is 0.305 e. The Morgan fingerprint density at radius 1 is 1.36 bits per heavy atom. The molecule has 1 N–H and O–H groups in total. The van der Waals surface area contributed by atoms with Gasteiger partial charge < -0.3 is 14.7 Å². The third-order valence-electron chi connectivity index (χ3n) is 3.64. The summed E-state index contributed by atoms with van der Waals surface area (Å²) >= 11 is 5.87. The van der Waals surface area contributed by atoms with E-state index in [0.717, 1.165) is 0 Å². The Morgan fingerprint density at radius 3 is 2.68 bits per heavy atom. The number of nitrogens with zero attached hydrogens (tertiary/aromatic N) is 1. The number of aliphatic carboxylic acids is 1. The Bertz CT molecular complexity index is 560. The van der Waals surface area contributed by atoms with Gasteiger partial charge in [0.15, 0.2) is 0 Å². The number of hydrogen-bond acceptors (Lipinski definition) is 3. The van der Waals surface area contributed by atoms with E-state index < -0.39 is 17.7 Å². The van der Waals surface area contributed by atoms with Gasteiger partial charge in [0.1, 0.15) is 5.82 Å². The molecule has 1 saturated heterocycles. The van der Waals surface area contributed by atoms with Crippen LogP contribution in [-0.4, -0.2) is 47.7 Å². The highest BCUT2D eigenvalue weighted by Gasteiger charge is 2.28. The molecule has 0 spiro atoms. The first-order valence-electron chi connectivity index (χ1n) is 7.05. The molecule has 2 rings (SSSR count). The van der Waals surface area contributed by atoms with E-state index in [1.165, 1.54) is 23.1 Å². The number of carboxylic acid groups (broad SMARTS) is 1. The largest absolute Gasteiger partial charge is 0.481 e. The molecule has 0 bridgehead atoms. The summed E-state index contributed by atoms with van der Waals surface area (Å²) in [7, 11) is 0. The zero-order valence-corrected chi connectivity index (χ0v) is 12.7. The highest BCUT2D eigenvalue weighted by Crippen LogP contribution is 2.24. The van der Waals surface area contributed by atoms with Gasteiger partial charge in [0.05, 0.1) is 17.0 Å². The number of carbonyl (C=O) groups is 2. The van der Waals surface area contributed by atoms with Crippen molar-refractivity contribution in [3.05, 3.63) is 34.6 Å². The van der Waals surface area contributed by atoms with Crippen molar-refractivity contribution in [2.75, 3.05) is 19.8 Å². The van der Waals surface area contributed by atoms with Gasteiger partial charge in [-0.1, -0.05) is 17.7 Å². The van der Waals surface area contributed by atoms with E-state index in [0.29, 0.717) is 26.1 Å². The molecular weight excluding hydrogens is 313 g/mol. The summed E-state index contributed by atoms with van der Waals surface area (Å²) in [5.41, 5.74) is 0.0542. The average molecular weight is 330 g/mol. The quantitative estimate of drug-likeness (QED) is 0.901. The summed E-state index contributed by atoms with van der Waals surface area (Å²) in [4.78, 5) is 25.0. The van der Waals surface area contributed by atoms with Gasteiger partial charge in [0.2, 0.25) is 0 Å². The van der Waals surface area contributed by atoms with E-state index in [4.69, 9.17) is 21.4 Å². The van der Waals surface area contributed by atoms with Crippen molar-refractivity contribution in [2.45, 2.75) is 25.3 Å². The molecule has 1 heterocycles. The summed E-state index contributed by atoms with van der Waals surface area (Å²) in [6, 6.07) is 3.91. The molecular formula is C15H17ClFNO4. The van der Waals surface area contributed by atoms with E-state index >= 15 is 0 Å². The molecule has 1 aromatic rings. The standard InChI is InChI=1S/C15H17ClFNO4/c16-14-11(2-1-3-12(14)17)15(21)18(7-4-13(19)20)10-5-8-22-9-6-10/h1-3,10H,4-9H2,(H,19,20). The fourth-order valence-corrected chi connectivity index (χ4v) is 2.69. The van der Waals surface area contributed by atoms with E-state index in [1.807, 2.05) is 0 Å². The Hall–Kier alpha value is -1.66. The van der Waals surface area contributed by atoms with Crippen LogP contribution in [0.3, 0.4) is 0 Å². The van der Waals surface area contributed by atoms with Gasteiger partial charge in [-0.05, 0) is 25.0 Å². The predicted octanol–water partition coefficient (Wildman–Crippen LogP) is 2.58. The van der Waals surface area contributed by atoms with Crippen LogP contribution in [0.25, 0.3) is 0 Å². The second kappa shape index (κ2) is 7.56. The van der Waals surface area contributed by atoms with Gasteiger partial charge in [-0.25, -0.2) is 4.39 Å². The Morgan fingerprint density at radius 2 is 2.05 bits per heavy atom. The lowest BCUT2D eigenvalue weighted by atomic mass is 10.0. The van der Waals surface area contributed by atoms with E-state index in [-0.39, 0.29) is 29.6 Å². The molecule has 0 atom stereocenters. The molecule has 0 aromatic heterocycles. The molecule has 0 radical (unpaired) electrons. The molecule has 1 amide bonds. The van der Waals surface area contributed by atoms with Crippen LogP contribution in [0.15, 0.2) is 18.2 Å². The van der Waals surface area contributed by atoms with Crippen molar-refractivity contribution in [3.8, 4) is 0 Å². The lowest BCUT2D eigenvalue weighted by Crippen LogP contribution is -2.44. The van der Waals surface area contributed by atoms with Crippen LogP contribution in [0.1, 0.15) is 29.6 Å². The zero-order valence-electron chi connectivity index (χ0n) is 11.9. The topological polar surface area (TPSA) is 66.8 Å². The number of carbonyl (C=O) groups excluding carboxylic acids is 1. The summed E-state index contributed by atoms with van der Waals surface area (Å²) in [6.07, 6.45) is 1.08. The number of rotatable bonds is 5. The van der Waals surface area contributed by atoms with Gasteiger partial charge in [-0.2, -0.15) is 0 Å². The van der Waals surface area contributed by atoms with Crippen molar-refractivity contribution in [1.82, 2.24) is 4.90 Å². The van der Waals surface area contributed by atoms with Crippen LogP contribution in [0, 0.1) is 5.82 Å². The molecule has 22 heavy (non-hydrogen) atoms. The Labute approximate surface area is 132 Å². The number of hydrogen-bond donors (Lipinski definition) is 1. The lowest BCUT2D eigenvalue weighted by Gasteiger charge is -2.34. The number of benzene rings is 1.